The van der Waals surface area contributed by atoms with Crippen LogP contribution in [-0.2, 0) is 16.3 Å². The van der Waals surface area contributed by atoms with Crippen LogP contribution in [-0.4, -0.2) is 33.3 Å². The molecule has 0 saturated heterocycles. The van der Waals surface area contributed by atoms with Crippen molar-refractivity contribution in [2.45, 2.75) is 11.3 Å². The number of hydrogen-bond donors (Lipinski definition) is 1. The summed E-state index contributed by atoms with van der Waals surface area (Å²) >= 11 is 6.16. The molecule has 0 aliphatic heterocycles. The van der Waals surface area contributed by atoms with Crippen LogP contribution in [0.2, 0.25) is 5.02 Å². The van der Waals surface area contributed by atoms with Crippen molar-refractivity contribution in [1.29, 1.82) is 0 Å². The molecule has 0 amide bonds. The van der Waals surface area contributed by atoms with Crippen molar-refractivity contribution < 1.29 is 18.1 Å². The van der Waals surface area contributed by atoms with Crippen LogP contribution in [0.25, 0.3) is 0 Å². The molecule has 0 radical (unpaired) electrons. The summed E-state index contributed by atoms with van der Waals surface area (Å²) in [4.78, 5) is 10.3. The topological polar surface area (TPSA) is 98.5 Å². The Morgan fingerprint density at radius 2 is 2.00 bits per heavy atom. The molecule has 0 bridgehead atoms. The van der Waals surface area contributed by atoms with Crippen LogP contribution < -0.4 is 10.1 Å². The van der Waals surface area contributed by atoms with Crippen LogP contribution in [0.5, 0.6) is 5.75 Å². The van der Waals surface area contributed by atoms with E-state index < -0.39 is 20.4 Å². The highest BCUT2D eigenvalue weighted by Gasteiger charge is 2.25. The molecule has 0 heterocycles. The van der Waals surface area contributed by atoms with E-state index in [4.69, 9.17) is 16.3 Å². The van der Waals surface area contributed by atoms with Gasteiger partial charge in [0.1, 0.15) is 16.3 Å². The maximum Gasteiger partial charge on any atom is 0.310 e. The van der Waals surface area contributed by atoms with Crippen LogP contribution in [0.3, 0.4) is 0 Å². The van der Waals surface area contributed by atoms with E-state index in [0.29, 0.717) is 23.7 Å². The lowest BCUT2D eigenvalue weighted by Gasteiger charge is -2.11. The summed E-state index contributed by atoms with van der Waals surface area (Å²) in [6.45, 7) is 0.347. The minimum absolute atomic E-state index is 0.151. The average molecular weight is 385 g/mol. The van der Waals surface area contributed by atoms with Crippen molar-refractivity contribution in [1.82, 2.24) is 0 Å². The zero-order valence-electron chi connectivity index (χ0n) is 13.7. The predicted molar refractivity (Wildman–Crippen MR) is 96.4 cm³/mol. The monoisotopic (exact) mass is 384 g/mol. The molecular formula is C16H17ClN2O5S. The van der Waals surface area contributed by atoms with Gasteiger partial charge >= 0.3 is 5.69 Å². The second-order valence-corrected chi connectivity index (χ2v) is 7.71. The normalized spacial score (nSPS) is 11.2. The van der Waals surface area contributed by atoms with Crippen LogP contribution in [0.1, 0.15) is 5.56 Å². The Balaban J connectivity index is 2.20. The van der Waals surface area contributed by atoms with E-state index in [0.717, 1.165) is 11.8 Å². The van der Waals surface area contributed by atoms with E-state index in [1.54, 1.807) is 19.2 Å². The fourth-order valence-electron chi connectivity index (χ4n) is 2.34. The number of hydrogen-bond acceptors (Lipinski definition) is 6. The largest absolute Gasteiger partial charge is 0.497 e. The highest BCUT2D eigenvalue weighted by atomic mass is 35.5. The number of nitrogens with one attached hydrogen (secondary N) is 1. The Hall–Kier alpha value is -2.32. The van der Waals surface area contributed by atoms with E-state index in [9.17, 15) is 18.5 Å². The van der Waals surface area contributed by atoms with Gasteiger partial charge in [-0.15, -0.1) is 0 Å². The van der Waals surface area contributed by atoms with Gasteiger partial charge in [-0.25, -0.2) is 8.42 Å². The fraction of sp³-hybridized carbons (Fsp3) is 0.250. The van der Waals surface area contributed by atoms with Crippen LogP contribution in [0.15, 0.2) is 41.3 Å². The molecule has 0 fully saturated rings. The highest BCUT2D eigenvalue weighted by Crippen LogP contribution is 2.32. The minimum Gasteiger partial charge on any atom is -0.497 e. The molecule has 7 nitrogen and oxygen atoms in total. The van der Waals surface area contributed by atoms with E-state index in [1.165, 1.54) is 18.2 Å². The van der Waals surface area contributed by atoms with Crippen molar-refractivity contribution in [3.05, 3.63) is 57.1 Å². The molecule has 25 heavy (non-hydrogen) atoms. The SMILES string of the molecule is COc1ccc(CCNc2cccc(S(C)(=O)=O)c2[N+](=O)[O-])c(Cl)c1. The van der Waals surface area contributed by atoms with Gasteiger partial charge in [0.25, 0.3) is 0 Å². The molecule has 0 aromatic heterocycles. The molecule has 0 saturated carbocycles. The lowest BCUT2D eigenvalue weighted by Crippen LogP contribution is -2.10. The molecule has 0 aliphatic rings. The zero-order chi connectivity index (χ0) is 18.6. The van der Waals surface area contributed by atoms with Gasteiger partial charge in [0, 0.05) is 17.8 Å². The molecular weight excluding hydrogens is 368 g/mol. The van der Waals surface area contributed by atoms with Gasteiger partial charge in [0.2, 0.25) is 0 Å². The van der Waals surface area contributed by atoms with Crippen LogP contribution >= 0.6 is 11.6 Å². The molecule has 0 spiro atoms. The van der Waals surface area contributed by atoms with Gasteiger partial charge in [0.05, 0.1) is 12.0 Å². The van der Waals surface area contributed by atoms with Crippen molar-refractivity contribution in [2.24, 2.45) is 0 Å². The van der Waals surface area contributed by atoms with E-state index in [1.807, 2.05) is 6.07 Å². The van der Waals surface area contributed by atoms with Crippen molar-refractivity contribution in [2.75, 3.05) is 25.2 Å². The smallest absolute Gasteiger partial charge is 0.310 e. The number of nitro benzene ring substituents is 1. The van der Waals surface area contributed by atoms with Gasteiger partial charge in [-0.05, 0) is 36.2 Å². The first-order chi connectivity index (χ1) is 11.7. The summed E-state index contributed by atoms with van der Waals surface area (Å²) in [5.41, 5.74) is 0.542. The molecule has 0 atom stereocenters. The lowest BCUT2D eigenvalue weighted by molar-refractivity contribution is -0.386. The summed E-state index contributed by atoms with van der Waals surface area (Å²) in [5, 5.41) is 14.8. The number of anilines is 1. The Bertz CT molecular complexity index is 899. The Morgan fingerprint density at radius 1 is 1.28 bits per heavy atom. The lowest BCUT2D eigenvalue weighted by atomic mass is 10.1. The number of benzene rings is 2. The van der Waals surface area contributed by atoms with Gasteiger partial charge in [-0.2, -0.15) is 0 Å². The summed E-state index contributed by atoms with van der Waals surface area (Å²) in [6, 6.07) is 9.43. The minimum atomic E-state index is -3.71. The molecule has 0 unspecified atom stereocenters. The molecule has 1 N–H and O–H groups in total. The first-order valence-corrected chi connectivity index (χ1v) is 9.54. The number of nitro groups is 1. The first-order valence-electron chi connectivity index (χ1n) is 7.27. The first kappa shape index (κ1) is 19.0. The Kier molecular flexibility index (Phi) is 5.86. The number of methoxy groups -OCH3 is 1. The Morgan fingerprint density at radius 3 is 2.56 bits per heavy atom. The molecule has 2 rings (SSSR count). The maximum absolute atomic E-state index is 11.7. The summed E-state index contributed by atoms with van der Waals surface area (Å²) in [5.74, 6) is 0.637. The van der Waals surface area contributed by atoms with Crippen LogP contribution in [0, 0.1) is 10.1 Å². The molecule has 134 valence electrons. The zero-order valence-corrected chi connectivity index (χ0v) is 15.2. The second-order valence-electron chi connectivity index (χ2n) is 5.32. The third-order valence-corrected chi connectivity index (χ3v) is 5.03. The quantitative estimate of drug-likeness (QED) is 0.580. The van der Waals surface area contributed by atoms with Crippen molar-refractivity contribution >= 4 is 32.8 Å². The molecule has 0 aliphatic carbocycles. The number of halogens is 1. The van der Waals surface area contributed by atoms with Crippen molar-refractivity contribution in [3.8, 4) is 5.75 Å². The van der Waals surface area contributed by atoms with E-state index in [-0.39, 0.29) is 10.6 Å². The van der Waals surface area contributed by atoms with Gasteiger partial charge in [0.15, 0.2) is 9.84 Å². The van der Waals surface area contributed by atoms with Crippen molar-refractivity contribution in [3.63, 3.8) is 0 Å². The maximum atomic E-state index is 11.7. The fourth-order valence-corrected chi connectivity index (χ4v) is 3.47. The van der Waals surface area contributed by atoms with Gasteiger partial charge in [-0.3, -0.25) is 10.1 Å². The Labute approximate surface area is 150 Å². The summed E-state index contributed by atoms with van der Waals surface area (Å²) in [7, 11) is -2.17. The second kappa shape index (κ2) is 7.71. The molecule has 2 aromatic carbocycles. The van der Waals surface area contributed by atoms with E-state index in [2.05, 4.69) is 5.32 Å². The predicted octanol–water partition coefficient (Wildman–Crippen LogP) is 3.31. The van der Waals surface area contributed by atoms with Gasteiger partial charge < -0.3 is 10.1 Å². The van der Waals surface area contributed by atoms with Crippen LogP contribution in [0.4, 0.5) is 11.4 Å². The average Bonchev–Trinajstić information content (AvgIpc) is 2.55. The third-order valence-electron chi connectivity index (χ3n) is 3.55. The number of ether oxygens (including phenoxy) is 1. The summed E-state index contributed by atoms with van der Waals surface area (Å²) < 4.78 is 28.6. The third kappa shape index (κ3) is 4.61. The number of para-hydroxylation sites is 1. The molecule has 9 heteroatoms. The van der Waals surface area contributed by atoms with E-state index >= 15 is 0 Å². The van der Waals surface area contributed by atoms with Gasteiger partial charge in [-0.1, -0.05) is 23.7 Å². The standard InChI is InChI=1S/C16H17ClN2O5S/c1-24-12-7-6-11(13(17)10-12)8-9-18-14-4-3-5-15(25(2,22)23)16(14)19(20)21/h3-7,10,18H,8-9H2,1-2H3. The number of sulfone groups is 1. The highest BCUT2D eigenvalue weighted by molar-refractivity contribution is 7.90. The summed E-state index contributed by atoms with van der Waals surface area (Å²) in [6.07, 6.45) is 1.44. The number of rotatable bonds is 7. The number of nitrogens with zero attached hydrogens (tertiary/aromatic N) is 1. The molecule has 2 aromatic rings.